The van der Waals surface area contributed by atoms with Crippen LogP contribution < -0.4 is 9.62 Å². The highest BCUT2D eigenvalue weighted by molar-refractivity contribution is 7.92. The lowest BCUT2D eigenvalue weighted by Gasteiger charge is -2.23. The molecule has 0 aliphatic rings. The first-order chi connectivity index (χ1) is 13.7. The molecule has 2 rings (SSSR count). The second-order valence-corrected chi connectivity index (χ2v) is 9.18. The molecule has 2 aromatic rings. The number of nitrogens with one attached hydrogen (secondary N) is 1. The smallest absolute Gasteiger partial charge is 0.251 e. The van der Waals surface area contributed by atoms with Crippen LogP contribution in [0.25, 0.3) is 0 Å². The largest absolute Gasteiger partial charge is 0.379 e. The van der Waals surface area contributed by atoms with E-state index in [0.717, 1.165) is 17.5 Å². The van der Waals surface area contributed by atoms with Gasteiger partial charge in [0.25, 0.3) is 5.91 Å². The molecule has 0 saturated carbocycles. The van der Waals surface area contributed by atoms with E-state index >= 15 is 0 Å². The first-order valence-electron chi connectivity index (χ1n) is 9.70. The van der Waals surface area contributed by atoms with Gasteiger partial charge in [-0.3, -0.25) is 9.10 Å². The molecule has 7 heteroatoms. The van der Waals surface area contributed by atoms with Crippen LogP contribution in [0.15, 0.2) is 48.5 Å². The summed E-state index contributed by atoms with van der Waals surface area (Å²) < 4.78 is 31.5. The molecule has 29 heavy (non-hydrogen) atoms. The Morgan fingerprint density at radius 3 is 2.34 bits per heavy atom. The monoisotopic (exact) mass is 418 g/mol. The summed E-state index contributed by atoms with van der Waals surface area (Å²) >= 11 is 0. The van der Waals surface area contributed by atoms with Crippen molar-refractivity contribution >= 4 is 21.6 Å². The number of anilines is 1. The highest BCUT2D eigenvalue weighted by Crippen LogP contribution is 2.22. The highest BCUT2D eigenvalue weighted by atomic mass is 32.2. The number of rotatable bonds is 10. The van der Waals surface area contributed by atoms with Crippen molar-refractivity contribution < 1.29 is 17.9 Å². The number of hydrogen-bond donors (Lipinski definition) is 1. The Bertz CT molecular complexity index is 909. The minimum Gasteiger partial charge on any atom is -0.379 e. The van der Waals surface area contributed by atoms with Crippen molar-refractivity contribution in [2.75, 3.05) is 23.7 Å². The van der Waals surface area contributed by atoms with Crippen molar-refractivity contribution in [3.8, 4) is 0 Å². The number of aryl methyl sites for hydroxylation is 1. The molecule has 2 aromatic carbocycles. The summed E-state index contributed by atoms with van der Waals surface area (Å²) in [5.74, 6) is -0.189. The Labute approximate surface area is 173 Å². The third-order valence-electron chi connectivity index (χ3n) is 4.45. The fourth-order valence-corrected chi connectivity index (χ4v) is 3.69. The number of carbonyl (C=O) groups is 1. The molecule has 6 nitrogen and oxygen atoms in total. The predicted octanol–water partition coefficient (Wildman–Crippen LogP) is 3.51. The average molecular weight is 419 g/mol. The molecule has 0 aromatic heterocycles. The minimum atomic E-state index is -3.47. The molecular weight excluding hydrogens is 388 g/mol. The number of hydrogen-bond acceptors (Lipinski definition) is 4. The fraction of sp³-hybridized carbons (Fsp3) is 0.409. The maximum Gasteiger partial charge on any atom is 0.251 e. The standard InChI is InChI=1S/C22H30N2O4S/c1-17(2)28-15-7-14-23-22(25)19-10-12-21(13-11-19)24(29(4,26)27)16-20-9-6-5-8-18(20)3/h5-6,8-13,17H,7,14-16H2,1-4H3,(H,23,25). The van der Waals surface area contributed by atoms with Crippen molar-refractivity contribution in [1.29, 1.82) is 0 Å². The summed E-state index contributed by atoms with van der Waals surface area (Å²) in [7, 11) is -3.47. The van der Waals surface area contributed by atoms with Gasteiger partial charge in [-0.25, -0.2) is 8.42 Å². The number of benzene rings is 2. The second kappa shape index (κ2) is 10.4. The van der Waals surface area contributed by atoms with Gasteiger partial charge < -0.3 is 10.1 Å². The highest BCUT2D eigenvalue weighted by Gasteiger charge is 2.19. The van der Waals surface area contributed by atoms with Gasteiger partial charge in [0, 0.05) is 18.7 Å². The van der Waals surface area contributed by atoms with Crippen LogP contribution in [-0.2, 0) is 21.3 Å². The Hall–Kier alpha value is -2.38. The van der Waals surface area contributed by atoms with E-state index in [-0.39, 0.29) is 18.6 Å². The summed E-state index contributed by atoms with van der Waals surface area (Å²) in [6.45, 7) is 7.26. The molecule has 158 valence electrons. The molecule has 0 radical (unpaired) electrons. The molecule has 0 fully saturated rings. The lowest BCUT2D eigenvalue weighted by Crippen LogP contribution is -2.30. The molecule has 0 saturated heterocycles. The zero-order chi connectivity index (χ0) is 21.4. The van der Waals surface area contributed by atoms with Gasteiger partial charge in [-0.1, -0.05) is 24.3 Å². The summed E-state index contributed by atoms with van der Waals surface area (Å²) in [6.07, 6.45) is 2.10. The predicted molar refractivity (Wildman–Crippen MR) is 117 cm³/mol. The van der Waals surface area contributed by atoms with Gasteiger partial charge in [0.05, 0.1) is 24.6 Å². The van der Waals surface area contributed by atoms with Crippen LogP contribution >= 0.6 is 0 Å². The molecule has 0 aliphatic heterocycles. The van der Waals surface area contributed by atoms with Crippen molar-refractivity contribution in [2.24, 2.45) is 0 Å². The fourth-order valence-electron chi connectivity index (χ4n) is 2.82. The minimum absolute atomic E-state index is 0.177. The quantitative estimate of drug-likeness (QED) is 0.599. The van der Waals surface area contributed by atoms with E-state index in [9.17, 15) is 13.2 Å². The van der Waals surface area contributed by atoms with Crippen LogP contribution in [0.4, 0.5) is 5.69 Å². The first kappa shape index (κ1) is 22.9. The Morgan fingerprint density at radius 1 is 1.10 bits per heavy atom. The van der Waals surface area contributed by atoms with Crippen LogP contribution in [0.1, 0.15) is 41.8 Å². The maximum atomic E-state index is 12.4. The Balaban J connectivity index is 2.05. The van der Waals surface area contributed by atoms with Gasteiger partial charge in [0.15, 0.2) is 0 Å². The van der Waals surface area contributed by atoms with E-state index in [0.29, 0.717) is 24.4 Å². The Morgan fingerprint density at radius 2 is 1.76 bits per heavy atom. The van der Waals surface area contributed by atoms with E-state index in [1.165, 1.54) is 10.6 Å². The molecule has 0 bridgehead atoms. The van der Waals surface area contributed by atoms with Crippen LogP contribution in [-0.4, -0.2) is 39.8 Å². The van der Waals surface area contributed by atoms with E-state index in [1.54, 1.807) is 24.3 Å². The van der Waals surface area contributed by atoms with Gasteiger partial charge in [-0.05, 0) is 62.6 Å². The summed E-state index contributed by atoms with van der Waals surface area (Å²) in [5, 5.41) is 2.85. The molecule has 1 amide bonds. The average Bonchev–Trinajstić information content (AvgIpc) is 2.66. The number of amides is 1. The van der Waals surface area contributed by atoms with Crippen LogP contribution in [0.2, 0.25) is 0 Å². The number of ether oxygens (including phenoxy) is 1. The molecule has 0 heterocycles. The number of sulfonamides is 1. The topological polar surface area (TPSA) is 75.7 Å². The lowest BCUT2D eigenvalue weighted by molar-refractivity contribution is 0.0757. The lowest BCUT2D eigenvalue weighted by atomic mass is 10.1. The van der Waals surface area contributed by atoms with E-state index in [2.05, 4.69) is 5.32 Å². The zero-order valence-electron chi connectivity index (χ0n) is 17.5. The molecular formula is C22H30N2O4S. The number of nitrogens with zero attached hydrogens (tertiary/aromatic N) is 1. The summed E-state index contributed by atoms with van der Waals surface area (Å²) in [6, 6.07) is 14.3. The molecule has 0 spiro atoms. The van der Waals surface area contributed by atoms with Crippen LogP contribution in [0, 0.1) is 6.92 Å². The summed E-state index contributed by atoms with van der Waals surface area (Å²) in [5.41, 5.74) is 2.97. The van der Waals surface area contributed by atoms with Crippen LogP contribution in [0.3, 0.4) is 0 Å². The van der Waals surface area contributed by atoms with Gasteiger partial charge in [-0.15, -0.1) is 0 Å². The maximum absolute atomic E-state index is 12.4. The van der Waals surface area contributed by atoms with Gasteiger partial charge >= 0.3 is 0 Å². The SMILES string of the molecule is Cc1ccccc1CN(c1ccc(C(=O)NCCCOC(C)C)cc1)S(C)(=O)=O. The van der Waals surface area contributed by atoms with Crippen molar-refractivity contribution in [3.63, 3.8) is 0 Å². The molecule has 0 unspecified atom stereocenters. The van der Waals surface area contributed by atoms with E-state index < -0.39 is 10.0 Å². The normalized spacial score (nSPS) is 11.5. The van der Waals surface area contributed by atoms with Crippen molar-refractivity contribution in [3.05, 3.63) is 65.2 Å². The van der Waals surface area contributed by atoms with Crippen molar-refractivity contribution in [1.82, 2.24) is 5.32 Å². The Kier molecular flexibility index (Phi) is 8.22. The molecule has 0 aliphatic carbocycles. The first-order valence-corrected chi connectivity index (χ1v) is 11.6. The molecule has 1 N–H and O–H groups in total. The molecule has 0 atom stereocenters. The van der Waals surface area contributed by atoms with Gasteiger partial charge in [-0.2, -0.15) is 0 Å². The zero-order valence-corrected chi connectivity index (χ0v) is 18.3. The van der Waals surface area contributed by atoms with Gasteiger partial charge in [0.1, 0.15) is 0 Å². The van der Waals surface area contributed by atoms with E-state index in [1.807, 2.05) is 45.0 Å². The van der Waals surface area contributed by atoms with Crippen LogP contribution in [0.5, 0.6) is 0 Å². The third-order valence-corrected chi connectivity index (χ3v) is 5.59. The summed E-state index contributed by atoms with van der Waals surface area (Å²) in [4.78, 5) is 12.3. The van der Waals surface area contributed by atoms with Crippen molar-refractivity contribution in [2.45, 2.75) is 39.8 Å². The second-order valence-electron chi connectivity index (χ2n) is 7.27. The van der Waals surface area contributed by atoms with Gasteiger partial charge in [0.2, 0.25) is 10.0 Å². The number of carbonyl (C=O) groups excluding carboxylic acids is 1. The third kappa shape index (κ3) is 7.18. The van der Waals surface area contributed by atoms with E-state index in [4.69, 9.17) is 4.74 Å².